The van der Waals surface area contributed by atoms with Crippen molar-refractivity contribution in [1.82, 2.24) is 10.2 Å². The second-order valence-corrected chi connectivity index (χ2v) is 6.54. The first-order chi connectivity index (χ1) is 12.4. The monoisotopic (exact) mass is 350 g/mol. The van der Waals surface area contributed by atoms with E-state index in [1.165, 1.54) is 5.56 Å². The van der Waals surface area contributed by atoms with Gasteiger partial charge in [-0.2, -0.15) is 0 Å². The molecule has 0 aliphatic rings. The topological polar surface area (TPSA) is 65.2 Å². The summed E-state index contributed by atoms with van der Waals surface area (Å²) in [5.74, 6) is 0.377. The van der Waals surface area contributed by atoms with Gasteiger partial charge in [0, 0.05) is 5.56 Å². The van der Waals surface area contributed by atoms with Gasteiger partial charge in [-0.05, 0) is 56.5 Å². The van der Waals surface area contributed by atoms with Crippen molar-refractivity contribution in [3.8, 4) is 11.5 Å². The Kier molecular flexibility index (Phi) is 5.16. The molecule has 2 aromatic carbocycles. The number of aromatic nitrogens is 2. The Bertz CT molecular complexity index is 913. The van der Waals surface area contributed by atoms with E-state index < -0.39 is 6.10 Å². The fraction of sp³-hybridized carbons (Fsp3) is 0.286. The highest BCUT2D eigenvalue weighted by Gasteiger charge is 2.19. The van der Waals surface area contributed by atoms with E-state index in [4.69, 9.17) is 9.15 Å². The molecule has 134 valence electrons. The van der Waals surface area contributed by atoms with Gasteiger partial charge in [-0.3, -0.25) is 4.79 Å². The first-order valence-corrected chi connectivity index (χ1v) is 8.58. The number of rotatable bonds is 5. The maximum absolute atomic E-state index is 12.2. The highest BCUT2D eigenvalue weighted by molar-refractivity contribution is 5.72. The van der Waals surface area contributed by atoms with E-state index in [-0.39, 0.29) is 18.3 Å². The number of hydrogen-bond donors (Lipinski definition) is 0. The maximum Gasteiger partial charge on any atom is 0.311 e. The summed E-state index contributed by atoms with van der Waals surface area (Å²) in [5.41, 5.74) is 5.27. The van der Waals surface area contributed by atoms with Gasteiger partial charge in [-0.15, -0.1) is 10.2 Å². The molecular formula is C21H22N2O3. The molecule has 0 fully saturated rings. The van der Waals surface area contributed by atoms with E-state index in [1.54, 1.807) is 6.92 Å². The molecule has 1 heterocycles. The summed E-state index contributed by atoms with van der Waals surface area (Å²) in [6.45, 7) is 7.81. The molecule has 0 spiro atoms. The van der Waals surface area contributed by atoms with Gasteiger partial charge < -0.3 is 9.15 Å². The molecule has 1 atom stereocenters. The summed E-state index contributed by atoms with van der Waals surface area (Å²) in [4.78, 5) is 12.2. The van der Waals surface area contributed by atoms with Crippen LogP contribution in [0.15, 0.2) is 46.9 Å². The highest BCUT2D eigenvalue weighted by atomic mass is 16.6. The zero-order valence-corrected chi connectivity index (χ0v) is 15.4. The Morgan fingerprint density at radius 2 is 1.77 bits per heavy atom. The van der Waals surface area contributed by atoms with Crippen LogP contribution >= 0.6 is 0 Å². The average molecular weight is 350 g/mol. The fourth-order valence-electron chi connectivity index (χ4n) is 2.58. The number of nitrogens with zero attached hydrogens (tertiary/aromatic N) is 2. The van der Waals surface area contributed by atoms with Gasteiger partial charge in [0.1, 0.15) is 0 Å². The lowest BCUT2D eigenvalue weighted by molar-refractivity contribution is -0.148. The quantitative estimate of drug-likeness (QED) is 0.634. The molecule has 0 amide bonds. The van der Waals surface area contributed by atoms with Gasteiger partial charge >= 0.3 is 5.97 Å². The van der Waals surface area contributed by atoms with E-state index >= 15 is 0 Å². The number of esters is 1. The standard InChI is InChI=1S/C21H22N2O3/c1-13-5-9-18(10-6-13)21-23-22-20(26-21)16(4)25-19(24)12-17-8-7-14(2)15(3)11-17/h5-11,16H,12H2,1-4H3/t16-/m0/s1. The molecule has 26 heavy (non-hydrogen) atoms. The molecule has 5 nitrogen and oxygen atoms in total. The zero-order chi connectivity index (χ0) is 18.7. The van der Waals surface area contributed by atoms with Crippen molar-refractivity contribution < 1.29 is 13.9 Å². The van der Waals surface area contributed by atoms with Gasteiger partial charge in [0.05, 0.1) is 6.42 Å². The lowest BCUT2D eigenvalue weighted by Gasteiger charge is -2.10. The van der Waals surface area contributed by atoms with Crippen molar-refractivity contribution in [2.75, 3.05) is 0 Å². The first kappa shape index (κ1) is 17.9. The van der Waals surface area contributed by atoms with Crippen LogP contribution in [-0.2, 0) is 16.0 Å². The largest absolute Gasteiger partial charge is 0.452 e. The molecule has 0 radical (unpaired) electrons. The third-order valence-electron chi connectivity index (χ3n) is 4.31. The van der Waals surface area contributed by atoms with E-state index in [9.17, 15) is 4.79 Å². The predicted octanol–water partition coefficient (Wildman–Crippen LogP) is 4.51. The minimum atomic E-state index is -0.597. The van der Waals surface area contributed by atoms with Gasteiger partial charge in [-0.25, -0.2) is 0 Å². The minimum Gasteiger partial charge on any atom is -0.452 e. The van der Waals surface area contributed by atoms with E-state index in [1.807, 2.05) is 63.2 Å². The highest BCUT2D eigenvalue weighted by Crippen LogP contribution is 2.23. The van der Waals surface area contributed by atoms with Gasteiger partial charge in [0.15, 0.2) is 6.10 Å². The summed E-state index contributed by atoms with van der Waals surface area (Å²) < 4.78 is 11.1. The number of carbonyl (C=O) groups excluding carboxylic acids is 1. The molecule has 3 aromatic rings. The predicted molar refractivity (Wildman–Crippen MR) is 98.6 cm³/mol. The van der Waals surface area contributed by atoms with Crippen LogP contribution in [0.4, 0.5) is 0 Å². The lowest BCUT2D eigenvalue weighted by Crippen LogP contribution is -2.12. The Hall–Kier alpha value is -2.95. The van der Waals surface area contributed by atoms with E-state index in [2.05, 4.69) is 10.2 Å². The molecule has 5 heteroatoms. The summed E-state index contributed by atoms with van der Waals surface area (Å²) in [7, 11) is 0. The Morgan fingerprint density at radius 3 is 2.46 bits per heavy atom. The van der Waals surface area contributed by atoms with Crippen LogP contribution in [0.25, 0.3) is 11.5 Å². The van der Waals surface area contributed by atoms with Gasteiger partial charge in [0.2, 0.25) is 5.89 Å². The molecule has 0 unspecified atom stereocenters. The molecule has 0 saturated heterocycles. The summed E-state index contributed by atoms with van der Waals surface area (Å²) in [6.07, 6.45) is -0.384. The summed E-state index contributed by atoms with van der Waals surface area (Å²) in [6, 6.07) is 13.7. The van der Waals surface area contributed by atoms with Crippen LogP contribution in [0.5, 0.6) is 0 Å². The Labute approximate surface area is 153 Å². The number of aryl methyl sites for hydroxylation is 3. The van der Waals surface area contributed by atoms with E-state index in [0.717, 1.165) is 22.3 Å². The fourth-order valence-corrected chi connectivity index (χ4v) is 2.58. The van der Waals surface area contributed by atoms with Crippen molar-refractivity contribution in [3.05, 3.63) is 70.6 Å². The lowest BCUT2D eigenvalue weighted by atomic mass is 10.0. The molecule has 0 saturated carbocycles. The molecule has 0 bridgehead atoms. The average Bonchev–Trinajstić information content (AvgIpc) is 3.09. The van der Waals surface area contributed by atoms with Crippen LogP contribution in [0.1, 0.15) is 41.2 Å². The molecule has 0 aliphatic carbocycles. The van der Waals surface area contributed by atoms with Crippen LogP contribution in [-0.4, -0.2) is 16.2 Å². The summed E-state index contributed by atoms with van der Waals surface area (Å²) >= 11 is 0. The van der Waals surface area contributed by atoms with Crippen LogP contribution < -0.4 is 0 Å². The minimum absolute atomic E-state index is 0.213. The molecule has 0 aliphatic heterocycles. The summed E-state index contributed by atoms with van der Waals surface area (Å²) in [5, 5.41) is 8.05. The second-order valence-electron chi connectivity index (χ2n) is 6.54. The molecule has 3 rings (SSSR count). The maximum atomic E-state index is 12.2. The van der Waals surface area contributed by atoms with Crippen molar-refractivity contribution in [1.29, 1.82) is 0 Å². The van der Waals surface area contributed by atoms with Crippen molar-refractivity contribution in [2.24, 2.45) is 0 Å². The first-order valence-electron chi connectivity index (χ1n) is 8.58. The Morgan fingerprint density at radius 1 is 1.04 bits per heavy atom. The smallest absolute Gasteiger partial charge is 0.311 e. The third kappa shape index (κ3) is 4.17. The van der Waals surface area contributed by atoms with Crippen LogP contribution in [0.3, 0.4) is 0 Å². The number of hydrogen-bond acceptors (Lipinski definition) is 5. The van der Waals surface area contributed by atoms with E-state index in [0.29, 0.717) is 5.89 Å². The number of carbonyl (C=O) groups is 1. The zero-order valence-electron chi connectivity index (χ0n) is 15.4. The van der Waals surface area contributed by atoms with Crippen molar-refractivity contribution in [2.45, 2.75) is 40.2 Å². The second kappa shape index (κ2) is 7.52. The SMILES string of the molecule is Cc1ccc(-c2nnc([C@H](C)OC(=O)Cc3ccc(C)c(C)c3)o2)cc1. The molecular weight excluding hydrogens is 328 g/mol. The van der Waals surface area contributed by atoms with Gasteiger partial charge in [-0.1, -0.05) is 35.9 Å². The molecule has 0 N–H and O–H groups in total. The Balaban J connectivity index is 1.64. The van der Waals surface area contributed by atoms with Crippen molar-refractivity contribution >= 4 is 5.97 Å². The normalized spacial score (nSPS) is 12.0. The third-order valence-corrected chi connectivity index (χ3v) is 4.31. The van der Waals surface area contributed by atoms with Crippen LogP contribution in [0, 0.1) is 20.8 Å². The number of benzene rings is 2. The molecule has 1 aromatic heterocycles. The number of ether oxygens (including phenoxy) is 1. The van der Waals surface area contributed by atoms with Crippen molar-refractivity contribution in [3.63, 3.8) is 0 Å². The van der Waals surface area contributed by atoms with Gasteiger partial charge in [0.25, 0.3) is 5.89 Å². The van der Waals surface area contributed by atoms with Crippen LogP contribution in [0.2, 0.25) is 0 Å².